The van der Waals surface area contributed by atoms with Crippen molar-refractivity contribution in [3.05, 3.63) is 16.4 Å². The van der Waals surface area contributed by atoms with Crippen molar-refractivity contribution >= 4 is 23.2 Å². The van der Waals surface area contributed by atoms with E-state index in [2.05, 4.69) is 18.9 Å². The summed E-state index contributed by atoms with van der Waals surface area (Å²) in [6.45, 7) is 4.41. The van der Waals surface area contributed by atoms with E-state index in [4.69, 9.17) is 23.2 Å². The number of aromatic nitrogens is 2. The molecule has 4 heteroatoms. The lowest BCUT2D eigenvalue weighted by atomic mass is 9.80. The quantitative estimate of drug-likeness (QED) is 0.762. The number of nitrogens with zero attached hydrogens (tertiary/aromatic N) is 2. The van der Waals surface area contributed by atoms with E-state index in [1.807, 2.05) is 11.7 Å². The highest BCUT2D eigenvalue weighted by molar-refractivity contribution is 6.31. The SMILES string of the molecule is CCc1nn(C)c(CC2CC(C)CCC2Cl)c1Cl. The summed E-state index contributed by atoms with van der Waals surface area (Å²) in [5.41, 5.74) is 2.16. The average molecular weight is 289 g/mol. The Bertz CT molecular complexity index is 414. The second-order valence-corrected chi connectivity index (χ2v) is 6.52. The van der Waals surface area contributed by atoms with Gasteiger partial charge in [-0.05, 0) is 43.9 Å². The Morgan fingerprint density at radius 1 is 1.39 bits per heavy atom. The fraction of sp³-hybridized carbons (Fsp3) is 0.786. The molecule has 1 aliphatic rings. The van der Waals surface area contributed by atoms with Gasteiger partial charge in [-0.1, -0.05) is 25.4 Å². The molecule has 1 saturated carbocycles. The van der Waals surface area contributed by atoms with Crippen LogP contribution >= 0.6 is 23.2 Å². The van der Waals surface area contributed by atoms with Gasteiger partial charge in [0.05, 0.1) is 16.4 Å². The molecule has 0 aromatic carbocycles. The molecule has 1 aliphatic carbocycles. The van der Waals surface area contributed by atoms with Crippen LogP contribution in [0.3, 0.4) is 0 Å². The third kappa shape index (κ3) is 2.85. The highest BCUT2D eigenvalue weighted by Crippen LogP contribution is 2.36. The number of halogens is 2. The normalized spacial score (nSPS) is 28.6. The Labute approximate surface area is 120 Å². The third-order valence-corrected chi connectivity index (χ3v) is 5.12. The zero-order chi connectivity index (χ0) is 13.3. The summed E-state index contributed by atoms with van der Waals surface area (Å²) in [7, 11) is 1.98. The fourth-order valence-electron chi connectivity index (χ4n) is 2.96. The molecule has 3 atom stereocenters. The predicted molar refractivity (Wildman–Crippen MR) is 77.4 cm³/mol. The summed E-state index contributed by atoms with van der Waals surface area (Å²) < 4.78 is 1.93. The first-order valence-corrected chi connectivity index (χ1v) is 7.68. The lowest BCUT2D eigenvalue weighted by Gasteiger charge is -2.31. The summed E-state index contributed by atoms with van der Waals surface area (Å²) in [5.74, 6) is 1.32. The number of alkyl halides is 1. The van der Waals surface area contributed by atoms with Crippen molar-refractivity contribution in [1.29, 1.82) is 0 Å². The van der Waals surface area contributed by atoms with Gasteiger partial charge in [0.25, 0.3) is 0 Å². The first-order chi connectivity index (χ1) is 8.52. The van der Waals surface area contributed by atoms with Crippen LogP contribution in [0.1, 0.15) is 44.5 Å². The lowest BCUT2D eigenvalue weighted by molar-refractivity contribution is 0.284. The van der Waals surface area contributed by atoms with E-state index in [0.29, 0.717) is 5.92 Å². The maximum Gasteiger partial charge on any atom is 0.0849 e. The summed E-state index contributed by atoms with van der Waals surface area (Å²) in [5, 5.41) is 5.62. The molecular formula is C14H22Cl2N2. The van der Waals surface area contributed by atoms with Gasteiger partial charge in [0, 0.05) is 12.4 Å². The fourth-order valence-corrected chi connectivity index (χ4v) is 3.65. The van der Waals surface area contributed by atoms with Crippen LogP contribution in [0.15, 0.2) is 0 Å². The molecular weight excluding hydrogens is 267 g/mol. The van der Waals surface area contributed by atoms with E-state index in [9.17, 15) is 0 Å². The van der Waals surface area contributed by atoms with Crippen molar-refractivity contribution in [2.45, 2.75) is 51.3 Å². The molecule has 3 unspecified atom stereocenters. The molecule has 1 aromatic rings. The molecule has 2 rings (SSSR count). The molecule has 18 heavy (non-hydrogen) atoms. The zero-order valence-corrected chi connectivity index (χ0v) is 12.9. The summed E-state index contributed by atoms with van der Waals surface area (Å²) in [6, 6.07) is 0. The van der Waals surface area contributed by atoms with Crippen molar-refractivity contribution in [3.63, 3.8) is 0 Å². The van der Waals surface area contributed by atoms with Crippen molar-refractivity contribution in [2.24, 2.45) is 18.9 Å². The monoisotopic (exact) mass is 288 g/mol. The van der Waals surface area contributed by atoms with Crippen LogP contribution in [0, 0.1) is 11.8 Å². The van der Waals surface area contributed by atoms with Crippen LogP contribution in [-0.4, -0.2) is 15.2 Å². The Morgan fingerprint density at radius 3 is 2.72 bits per heavy atom. The van der Waals surface area contributed by atoms with Crippen LogP contribution < -0.4 is 0 Å². The van der Waals surface area contributed by atoms with Crippen LogP contribution in [0.2, 0.25) is 5.02 Å². The van der Waals surface area contributed by atoms with Gasteiger partial charge in [0.1, 0.15) is 0 Å². The molecule has 0 radical (unpaired) electrons. The minimum Gasteiger partial charge on any atom is -0.271 e. The van der Waals surface area contributed by atoms with Crippen LogP contribution in [0.4, 0.5) is 0 Å². The Balaban J connectivity index is 2.15. The van der Waals surface area contributed by atoms with Gasteiger partial charge in [0.15, 0.2) is 0 Å². The van der Waals surface area contributed by atoms with E-state index < -0.39 is 0 Å². The minimum absolute atomic E-state index is 0.289. The molecule has 1 aromatic heterocycles. The average Bonchev–Trinajstić information content (AvgIpc) is 2.61. The second-order valence-electron chi connectivity index (χ2n) is 5.58. The maximum absolute atomic E-state index is 6.47. The molecule has 0 N–H and O–H groups in total. The first kappa shape index (κ1) is 14.2. The number of rotatable bonds is 3. The van der Waals surface area contributed by atoms with Gasteiger partial charge >= 0.3 is 0 Å². The van der Waals surface area contributed by atoms with Crippen LogP contribution in [0.5, 0.6) is 0 Å². The molecule has 1 heterocycles. The highest BCUT2D eigenvalue weighted by atomic mass is 35.5. The van der Waals surface area contributed by atoms with Gasteiger partial charge in [-0.15, -0.1) is 11.6 Å². The highest BCUT2D eigenvalue weighted by Gasteiger charge is 2.29. The first-order valence-electron chi connectivity index (χ1n) is 6.87. The number of hydrogen-bond donors (Lipinski definition) is 0. The molecule has 0 amide bonds. The molecule has 0 bridgehead atoms. The van der Waals surface area contributed by atoms with E-state index in [1.165, 1.54) is 12.8 Å². The molecule has 2 nitrogen and oxygen atoms in total. The Kier molecular flexibility index (Phi) is 4.60. The van der Waals surface area contributed by atoms with Crippen molar-refractivity contribution in [1.82, 2.24) is 9.78 Å². The molecule has 1 fully saturated rings. The van der Waals surface area contributed by atoms with Crippen LogP contribution in [-0.2, 0) is 19.9 Å². The summed E-state index contributed by atoms with van der Waals surface area (Å²) in [6.07, 6.45) is 5.43. The Hall–Kier alpha value is -0.210. The molecule has 102 valence electrons. The largest absolute Gasteiger partial charge is 0.271 e. The third-order valence-electron chi connectivity index (χ3n) is 4.11. The van der Waals surface area contributed by atoms with Crippen LogP contribution in [0.25, 0.3) is 0 Å². The summed E-state index contributed by atoms with van der Waals surface area (Å²) >= 11 is 12.9. The van der Waals surface area contributed by atoms with E-state index >= 15 is 0 Å². The van der Waals surface area contributed by atoms with E-state index in [-0.39, 0.29) is 5.38 Å². The number of hydrogen-bond acceptors (Lipinski definition) is 1. The topological polar surface area (TPSA) is 17.8 Å². The lowest BCUT2D eigenvalue weighted by Crippen LogP contribution is -2.26. The number of aryl methyl sites for hydroxylation is 2. The summed E-state index contributed by atoms with van der Waals surface area (Å²) in [4.78, 5) is 0. The van der Waals surface area contributed by atoms with Crippen molar-refractivity contribution < 1.29 is 0 Å². The predicted octanol–water partition coefficient (Wildman–Crippen LogP) is 4.22. The van der Waals surface area contributed by atoms with Gasteiger partial charge in [-0.2, -0.15) is 5.10 Å². The second kappa shape index (κ2) is 5.83. The smallest absolute Gasteiger partial charge is 0.0849 e. The maximum atomic E-state index is 6.47. The molecule has 0 aliphatic heterocycles. The molecule has 0 saturated heterocycles. The van der Waals surface area contributed by atoms with Gasteiger partial charge in [-0.25, -0.2) is 0 Å². The van der Waals surface area contributed by atoms with Gasteiger partial charge < -0.3 is 0 Å². The zero-order valence-electron chi connectivity index (χ0n) is 11.4. The van der Waals surface area contributed by atoms with E-state index in [0.717, 1.165) is 41.6 Å². The van der Waals surface area contributed by atoms with Gasteiger partial charge in [-0.3, -0.25) is 4.68 Å². The van der Waals surface area contributed by atoms with Crippen molar-refractivity contribution in [3.8, 4) is 0 Å². The molecule has 0 spiro atoms. The van der Waals surface area contributed by atoms with Crippen molar-refractivity contribution in [2.75, 3.05) is 0 Å². The van der Waals surface area contributed by atoms with Gasteiger partial charge in [0.2, 0.25) is 0 Å². The Morgan fingerprint density at radius 2 is 2.11 bits per heavy atom. The van der Waals surface area contributed by atoms with E-state index in [1.54, 1.807) is 0 Å². The standard InChI is InChI=1S/C14H22Cl2N2/c1-4-12-14(16)13(18(3)17-12)8-10-7-9(2)5-6-11(10)15/h9-11H,4-8H2,1-3H3. The minimum atomic E-state index is 0.289.